The summed E-state index contributed by atoms with van der Waals surface area (Å²) >= 11 is 0. The molecule has 0 aliphatic heterocycles. The number of imidazole rings is 1. The second kappa shape index (κ2) is 4.25. The van der Waals surface area contributed by atoms with Crippen LogP contribution in [-0.2, 0) is 6.42 Å². The van der Waals surface area contributed by atoms with Crippen molar-refractivity contribution in [1.82, 2.24) is 14.5 Å². The number of nitrogen functional groups attached to an aromatic ring is 1. The summed E-state index contributed by atoms with van der Waals surface area (Å²) in [6.45, 7) is 1.97. The first-order valence-corrected chi connectivity index (χ1v) is 5.21. The maximum absolute atomic E-state index is 11.4. The van der Waals surface area contributed by atoms with Crippen molar-refractivity contribution in [1.29, 1.82) is 0 Å². The lowest BCUT2D eigenvalue weighted by Gasteiger charge is -2.09. The Labute approximate surface area is 98.3 Å². The summed E-state index contributed by atoms with van der Waals surface area (Å²) in [5, 5.41) is 0. The lowest BCUT2D eigenvalue weighted by molar-refractivity contribution is 0.1000. The average molecular weight is 231 g/mol. The highest BCUT2D eigenvalue weighted by atomic mass is 16.1. The minimum absolute atomic E-state index is 0.290. The number of rotatable bonds is 3. The van der Waals surface area contributed by atoms with E-state index in [1.54, 1.807) is 17.0 Å². The van der Waals surface area contributed by atoms with Gasteiger partial charge in [-0.1, -0.05) is 6.92 Å². The van der Waals surface area contributed by atoms with Crippen LogP contribution in [0.3, 0.4) is 0 Å². The number of aromatic nitrogens is 3. The predicted molar refractivity (Wildman–Crippen MR) is 63.7 cm³/mol. The third-order valence-electron chi connectivity index (χ3n) is 2.42. The van der Waals surface area contributed by atoms with Gasteiger partial charge in [0, 0.05) is 18.8 Å². The van der Waals surface area contributed by atoms with Crippen LogP contribution in [0.25, 0.3) is 5.82 Å². The predicted octanol–water partition coefficient (Wildman–Crippen LogP) is 0.511. The van der Waals surface area contributed by atoms with Gasteiger partial charge in [0.1, 0.15) is 5.82 Å². The van der Waals surface area contributed by atoms with Crippen LogP contribution in [0.2, 0.25) is 0 Å². The number of nitrogens with zero attached hydrogens (tertiary/aromatic N) is 3. The normalized spacial score (nSPS) is 10.4. The van der Waals surface area contributed by atoms with E-state index in [9.17, 15) is 4.79 Å². The molecule has 0 bridgehead atoms. The summed E-state index contributed by atoms with van der Waals surface area (Å²) in [6, 6.07) is 1.52. The van der Waals surface area contributed by atoms with Crippen molar-refractivity contribution < 1.29 is 4.79 Å². The fraction of sp³-hybridized carbons (Fsp3) is 0.182. The van der Waals surface area contributed by atoms with Gasteiger partial charge in [-0.25, -0.2) is 9.97 Å². The zero-order valence-electron chi connectivity index (χ0n) is 9.42. The number of carbonyl (C=O) groups excluding carboxylic acids is 1. The number of anilines is 1. The van der Waals surface area contributed by atoms with E-state index >= 15 is 0 Å². The van der Waals surface area contributed by atoms with Gasteiger partial charge >= 0.3 is 0 Å². The second-order valence-electron chi connectivity index (χ2n) is 3.57. The first-order valence-electron chi connectivity index (χ1n) is 5.21. The Balaban J connectivity index is 2.63. The Morgan fingerprint density at radius 2 is 2.24 bits per heavy atom. The highest BCUT2D eigenvalue weighted by molar-refractivity contribution is 5.96. The van der Waals surface area contributed by atoms with Crippen LogP contribution in [0, 0.1) is 0 Å². The van der Waals surface area contributed by atoms with Gasteiger partial charge < -0.3 is 11.5 Å². The zero-order chi connectivity index (χ0) is 12.4. The van der Waals surface area contributed by atoms with Gasteiger partial charge in [-0.2, -0.15) is 0 Å². The molecule has 2 heterocycles. The van der Waals surface area contributed by atoms with E-state index in [0.29, 0.717) is 11.5 Å². The summed E-state index contributed by atoms with van der Waals surface area (Å²) in [5.41, 5.74) is 11.6. The van der Waals surface area contributed by atoms with Crippen LogP contribution in [0.15, 0.2) is 24.7 Å². The number of carbonyl (C=O) groups is 1. The molecule has 0 unspecified atom stereocenters. The van der Waals surface area contributed by atoms with E-state index in [2.05, 4.69) is 9.97 Å². The summed E-state index contributed by atoms with van der Waals surface area (Å²) in [5.74, 6) is 0.710. The van der Waals surface area contributed by atoms with Gasteiger partial charge in [-0.15, -0.1) is 0 Å². The lowest BCUT2D eigenvalue weighted by atomic mass is 10.2. The number of hydrogen-bond donors (Lipinski definition) is 2. The average Bonchev–Trinajstić information content (AvgIpc) is 2.76. The molecular formula is C11H13N5O. The Bertz CT molecular complexity index is 561. The fourth-order valence-corrected chi connectivity index (χ4v) is 1.64. The molecule has 6 heteroatoms. The molecule has 0 aliphatic carbocycles. The van der Waals surface area contributed by atoms with E-state index in [-0.39, 0.29) is 5.56 Å². The van der Waals surface area contributed by atoms with Crippen LogP contribution in [-0.4, -0.2) is 20.4 Å². The second-order valence-corrected chi connectivity index (χ2v) is 3.57. The van der Waals surface area contributed by atoms with Crippen molar-refractivity contribution in [3.63, 3.8) is 0 Å². The molecule has 4 N–H and O–H groups in total. The van der Waals surface area contributed by atoms with Gasteiger partial charge in [0.25, 0.3) is 5.91 Å². The molecule has 0 saturated carbocycles. The molecule has 0 aromatic carbocycles. The van der Waals surface area contributed by atoms with Crippen LogP contribution in [0.5, 0.6) is 0 Å². The van der Waals surface area contributed by atoms with E-state index in [0.717, 1.165) is 12.2 Å². The smallest absolute Gasteiger partial charge is 0.252 e. The first kappa shape index (κ1) is 11.1. The highest BCUT2D eigenvalue weighted by Crippen LogP contribution is 2.16. The number of amides is 1. The van der Waals surface area contributed by atoms with E-state index < -0.39 is 5.91 Å². The minimum atomic E-state index is -0.560. The molecule has 88 valence electrons. The highest BCUT2D eigenvalue weighted by Gasteiger charge is 2.14. The molecule has 17 heavy (non-hydrogen) atoms. The van der Waals surface area contributed by atoms with Crippen molar-refractivity contribution in [2.75, 3.05) is 5.73 Å². The molecule has 0 fully saturated rings. The molecule has 0 aliphatic rings. The summed E-state index contributed by atoms with van der Waals surface area (Å²) in [6.07, 6.45) is 5.61. The van der Waals surface area contributed by atoms with Crippen LogP contribution < -0.4 is 11.5 Å². The van der Waals surface area contributed by atoms with Crippen LogP contribution >= 0.6 is 0 Å². The molecule has 0 atom stereocenters. The van der Waals surface area contributed by atoms with Crippen molar-refractivity contribution in [2.45, 2.75) is 13.3 Å². The third-order valence-corrected chi connectivity index (χ3v) is 2.42. The molecule has 0 radical (unpaired) electrons. The van der Waals surface area contributed by atoms with Crippen LogP contribution in [0.1, 0.15) is 23.1 Å². The molecule has 1 amide bonds. The van der Waals surface area contributed by atoms with Crippen LogP contribution in [0.4, 0.5) is 5.69 Å². The maximum atomic E-state index is 11.4. The lowest BCUT2D eigenvalue weighted by Crippen LogP contribution is -2.17. The summed E-state index contributed by atoms with van der Waals surface area (Å²) in [4.78, 5) is 19.7. The summed E-state index contributed by atoms with van der Waals surface area (Å²) in [7, 11) is 0. The number of primary amides is 1. The Kier molecular flexibility index (Phi) is 2.78. The molecule has 6 nitrogen and oxygen atoms in total. The van der Waals surface area contributed by atoms with Crippen molar-refractivity contribution in [3.05, 3.63) is 36.0 Å². The van der Waals surface area contributed by atoms with Crippen molar-refractivity contribution in [3.8, 4) is 5.82 Å². The maximum Gasteiger partial charge on any atom is 0.252 e. The zero-order valence-corrected chi connectivity index (χ0v) is 9.42. The van der Waals surface area contributed by atoms with Gasteiger partial charge in [-0.3, -0.25) is 9.36 Å². The minimum Gasteiger partial charge on any atom is -0.397 e. The van der Waals surface area contributed by atoms with Crippen molar-refractivity contribution >= 4 is 11.6 Å². The SMILES string of the molecule is CCc1nccn1-c1ncc(N)cc1C(N)=O. The third kappa shape index (κ3) is 1.96. The van der Waals surface area contributed by atoms with E-state index in [1.165, 1.54) is 12.3 Å². The van der Waals surface area contributed by atoms with E-state index in [4.69, 9.17) is 11.5 Å². The number of pyridine rings is 1. The molecule has 0 spiro atoms. The molecular weight excluding hydrogens is 218 g/mol. The van der Waals surface area contributed by atoms with Crippen molar-refractivity contribution in [2.24, 2.45) is 5.73 Å². The molecule has 2 aromatic heterocycles. The van der Waals surface area contributed by atoms with E-state index in [1.807, 2.05) is 6.92 Å². The standard InChI is InChI=1S/C11H13N5O/c1-2-9-14-3-4-16(9)11-8(10(13)17)5-7(12)6-15-11/h3-6H,2,12H2,1H3,(H2,13,17). The topological polar surface area (TPSA) is 99.8 Å². The Hall–Kier alpha value is -2.37. The van der Waals surface area contributed by atoms with Gasteiger partial charge in [-0.05, 0) is 6.07 Å². The Morgan fingerprint density at radius 1 is 1.47 bits per heavy atom. The number of nitrogens with two attached hydrogens (primary N) is 2. The van der Waals surface area contributed by atoms with Gasteiger partial charge in [0.05, 0.1) is 17.4 Å². The molecule has 0 saturated heterocycles. The summed E-state index contributed by atoms with van der Waals surface area (Å²) < 4.78 is 1.74. The quantitative estimate of drug-likeness (QED) is 0.803. The van der Waals surface area contributed by atoms with Gasteiger partial charge in [0.2, 0.25) is 0 Å². The monoisotopic (exact) mass is 231 g/mol. The Morgan fingerprint density at radius 3 is 2.88 bits per heavy atom. The largest absolute Gasteiger partial charge is 0.397 e. The first-order chi connectivity index (χ1) is 8.13. The number of hydrogen-bond acceptors (Lipinski definition) is 4. The fourth-order valence-electron chi connectivity index (χ4n) is 1.64. The number of aryl methyl sites for hydroxylation is 1. The molecule has 2 aromatic rings. The molecule has 2 rings (SSSR count). The van der Waals surface area contributed by atoms with Gasteiger partial charge in [0.15, 0.2) is 5.82 Å².